The van der Waals surface area contributed by atoms with Crippen LogP contribution >= 0.6 is 0 Å². The molecule has 0 bridgehead atoms. The molecule has 1 aromatic heterocycles. The Kier molecular flexibility index (Phi) is 22.5. The highest BCUT2D eigenvalue weighted by molar-refractivity contribution is 5.73. The molecule has 0 saturated carbocycles. The number of nitrogens with zero attached hydrogens (tertiary/aromatic N) is 7. The Labute approximate surface area is 473 Å². The highest BCUT2D eigenvalue weighted by Crippen LogP contribution is 2.45. The number of benzene rings is 1. The third kappa shape index (κ3) is 15.5. The van der Waals surface area contributed by atoms with E-state index >= 15 is 0 Å². The number of halogens is 1. The number of carbonyl (C=O) groups excluding carboxylic acids is 1. The van der Waals surface area contributed by atoms with Crippen LogP contribution in [0.4, 0.5) is 4.39 Å². The molecular weight excluding hydrogens is 1010 g/mol. The minimum Gasteiger partial charge on any atom is -0.459 e. The number of hydrogen-bond acceptors (Lipinski definition) is 17. The van der Waals surface area contributed by atoms with Crippen LogP contribution in [0.15, 0.2) is 61.2 Å². The van der Waals surface area contributed by atoms with Gasteiger partial charge in [-0.05, 0) is 111 Å². The molecule has 1 unspecified atom stereocenters. The number of aliphatic hydroxyl groups excluding tert-OH is 1. The fourth-order valence-electron chi connectivity index (χ4n) is 13.1. The maximum atomic E-state index is 14.9. The van der Waals surface area contributed by atoms with Crippen LogP contribution in [0.2, 0.25) is 0 Å². The molecule has 446 valence electrons. The average Bonchev–Trinajstić information content (AvgIpc) is 3.80. The Morgan fingerprint density at radius 2 is 1.63 bits per heavy atom. The third-order valence-electron chi connectivity index (χ3n) is 18.6. The summed E-state index contributed by atoms with van der Waals surface area (Å²) in [6.45, 7) is 25.3. The fraction of sp³-hybridized carbons (Fsp3) is 0.754. The van der Waals surface area contributed by atoms with E-state index in [-0.39, 0.29) is 42.9 Å². The number of likely N-dealkylation sites (N-methyl/N-ethyl adjacent to an activating group) is 1. The predicted molar refractivity (Wildman–Crippen MR) is 307 cm³/mol. The molecule has 5 heterocycles. The second-order valence-corrected chi connectivity index (χ2v) is 24.9. The first-order valence-corrected chi connectivity index (χ1v) is 29.2. The summed E-state index contributed by atoms with van der Waals surface area (Å²) >= 11 is 0. The first kappa shape index (κ1) is 64.5. The molecule has 3 fully saturated rings. The van der Waals surface area contributed by atoms with Gasteiger partial charge in [-0.15, -0.1) is 11.7 Å². The van der Waals surface area contributed by atoms with Gasteiger partial charge < -0.3 is 59.1 Å². The van der Waals surface area contributed by atoms with Crippen LogP contribution in [0.5, 0.6) is 0 Å². The summed E-state index contributed by atoms with van der Waals surface area (Å²) < 4.78 is 48.0. The Morgan fingerprint density at radius 3 is 2.24 bits per heavy atom. The number of aliphatic hydroxyl groups is 3. The van der Waals surface area contributed by atoms with Gasteiger partial charge in [-0.1, -0.05) is 65.0 Å². The Bertz CT molecular complexity index is 2280. The minimum atomic E-state index is -1.61. The highest BCUT2D eigenvalue weighted by Gasteiger charge is 2.55. The van der Waals surface area contributed by atoms with Gasteiger partial charge in [0.2, 0.25) is 0 Å². The Morgan fingerprint density at radius 1 is 0.962 bits per heavy atom. The molecule has 2 aromatic rings. The zero-order valence-electron chi connectivity index (χ0n) is 50.8. The number of esters is 1. The molecule has 4 aliphatic heterocycles. The number of nitrogens with one attached hydrogen (secondary N) is 1. The van der Waals surface area contributed by atoms with Gasteiger partial charge in [0.1, 0.15) is 35.9 Å². The van der Waals surface area contributed by atoms with E-state index in [4.69, 9.17) is 23.7 Å². The molecule has 0 amide bonds. The van der Waals surface area contributed by atoms with Crippen molar-refractivity contribution in [3.63, 3.8) is 0 Å². The molecule has 4 aliphatic rings. The first-order valence-electron chi connectivity index (χ1n) is 29.2. The van der Waals surface area contributed by atoms with Crippen LogP contribution in [0.25, 0.3) is 11.1 Å². The summed E-state index contributed by atoms with van der Waals surface area (Å²) in [6.07, 6.45) is 6.56. The lowest BCUT2D eigenvalue weighted by atomic mass is 9.68. The van der Waals surface area contributed by atoms with Gasteiger partial charge >= 0.3 is 5.97 Å². The van der Waals surface area contributed by atoms with Crippen molar-refractivity contribution in [1.29, 1.82) is 0 Å². The molecule has 1 aromatic carbocycles. The van der Waals surface area contributed by atoms with Gasteiger partial charge in [0, 0.05) is 113 Å². The second kappa shape index (κ2) is 27.6. The number of hydrazine groups is 2. The number of aromatic nitrogens is 2. The molecule has 0 radical (unpaired) electrons. The largest absolute Gasteiger partial charge is 0.459 e. The lowest BCUT2D eigenvalue weighted by Crippen LogP contribution is -2.61. The SMILES string of the molecule is C=C[C@@]1(O)C[C@@H](C)CN(C)[C@H](C)[C@@H](C)[C@](C)(O)[C@@H](CC)OC(=O)[C@H](C)[C@@H](C2C[C@@](C)(OC)[C@@H](O)[C@H](C)O2)[C@H](C)[C@H]1O[C@H]1C[C@@H](N(C)CCC2=CN([C@H](CF)Cc3ccc(-c4cnc(CCN(C)C)nc4)cc3)N(C)N2)C[C@@H](C)O1. The zero-order chi connectivity index (χ0) is 58.3. The summed E-state index contributed by atoms with van der Waals surface area (Å²) in [5, 5.41) is 40.7. The summed E-state index contributed by atoms with van der Waals surface area (Å²) in [4.78, 5) is 30.6. The molecule has 0 aliphatic carbocycles. The van der Waals surface area contributed by atoms with Crippen molar-refractivity contribution in [1.82, 2.24) is 40.2 Å². The number of carbonyl (C=O) groups is 1. The molecule has 6 rings (SSSR count). The van der Waals surface area contributed by atoms with E-state index in [9.17, 15) is 24.5 Å². The molecule has 3 saturated heterocycles. The average molecular weight is 1110 g/mol. The molecule has 0 spiro atoms. The number of alkyl halides is 1. The summed E-state index contributed by atoms with van der Waals surface area (Å²) in [7, 11) is 11.7. The number of rotatable bonds is 18. The summed E-state index contributed by atoms with van der Waals surface area (Å²) in [5.74, 6) is -2.10. The van der Waals surface area contributed by atoms with Gasteiger partial charge in [-0.3, -0.25) is 9.80 Å². The van der Waals surface area contributed by atoms with E-state index in [2.05, 4.69) is 69.7 Å². The van der Waals surface area contributed by atoms with E-state index in [0.717, 1.165) is 47.6 Å². The fourth-order valence-corrected chi connectivity index (χ4v) is 13.1. The van der Waals surface area contributed by atoms with E-state index < -0.39 is 90.1 Å². The van der Waals surface area contributed by atoms with Crippen molar-refractivity contribution in [2.45, 2.75) is 198 Å². The lowest BCUT2D eigenvalue weighted by Gasteiger charge is -2.51. The van der Waals surface area contributed by atoms with E-state index in [1.807, 2.05) is 118 Å². The first-order chi connectivity index (χ1) is 37.2. The van der Waals surface area contributed by atoms with Crippen LogP contribution in [-0.2, 0) is 41.3 Å². The van der Waals surface area contributed by atoms with Crippen molar-refractivity contribution in [2.24, 2.45) is 29.6 Å². The second-order valence-electron chi connectivity index (χ2n) is 24.9. The zero-order valence-corrected chi connectivity index (χ0v) is 50.8. The third-order valence-corrected chi connectivity index (χ3v) is 18.6. The molecule has 4 N–H and O–H groups in total. The van der Waals surface area contributed by atoms with Crippen LogP contribution in [0.3, 0.4) is 0 Å². The Hall–Kier alpha value is -3.66. The van der Waals surface area contributed by atoms with Crippen LogP contribution in [0, 0.1) is 29.6 Å². The van der Waals surface area contributed by atoms with Crippen molar-refractivity contribution < 1.29 is 48.2 Å². The van der Waals surface area contributed by atoms with E-state index in [1.165, 1.54) is 0 Å². The summed E-state index contributed by atoms with van der Waals surface area (Å²) in [5.41, 5.74) is 3.42. The smallest absolute Gasteiger partial charge is 0.309 e. The maximum Gasteiger partial charge on any atom is 0.309 e. The normalized spacial score (nSPS) is 37.3. The van der Waals surface area contributed by atoms with E-state index in [1.54, 1.807) is 20.1 Å². The summed E-state index contributed by atoms with van der Waals surface area (Å²) in [6, 6.07) is 7.70. The minimum absolute atomic E-state index is 0.0408. The Balaban J connectivity index is 1.21. The highest BCUT2D eigenvalue weighted by atomic mass is 19.1. The van der Waals surface area contributed by atoms with Crippen molar-refractivity contribution in [3.05, 3.63) is 72.6 Å². The van der Waals surface area contributed by atoms with Crippen molar-refractivity contribution in [3.8, 4) is 11.1 Å². The number of methoxy groups -OCH3 is 1. The van der Waals surface area contributed by atoms with Crippen LogP contribution < -0.4 is 5.43 Å². The van der Waals surface area contributed by atoms with Gasteiger partial charge in [-0.25, -0.2) is 14.4 Å². The standard InChI is InChI=1S/C61H101FN8O9/c1-18-52-60(11,73)42(7)43(8)68(15)36-38(3)31-61(74,19-2)57(40(5)55(41(6)58(72)78-52)51-32-59(10,75-17)56(71)44(9)77-51)79-54-30-49(28-39(4)76-54)67(14)27-24-48-37-70(69(16)65-48)50(33-62)29-45-20-22-46(23-21-45)47-34-63-53(64-35-47)25-26-66(12)13/h19-23,34-35,37-44,49-52,54-57,65,71,73-74H,2,18,24-33,36H2,1,3-17H3/t38-,39-,40+,41-,42-,43-,44+,49+,50+,51?,52-,54+,55+,56+,57-,59-,60+,61-/m1/s1. The molecule has 17 nitrogen and oxygen atoms in total. The van der Waals surface area contributed by atoms with Gasteiger partial charge in [-0.2, -0.15) is 0 Å². The van der Waals surface area contributed by atoms with Gasteiger partial charge in [0.15, 0.2) is 6.29 Å². The number of hydrogen-bond donors (Lipinski definition) is 4. The van der Waals surface area contributed by atoms with Crippen molar-refractivity contribution >= 4 is 5.97 Å². The van der Waals surface area contributed by atoms with Gasteiger partial charge in [0.25, 0.3) is 0 Å². The molecule has 18 atom stereocenters. The van der Waals surface area contributed by atoms with Crippen LogP contribution in [-0.4, -0.2) is 203 Å². The number of cyclic esters (lactones) is 1. The number of ether oxygens (including phenoxy) is 5. The van der Waals surface area contributed by atoms with Gasteiger partial charge in [0.05, 0.1) is 42.0 Å². The molecule has 18 heteroatoms. The predicted octanol–water partition coefficient (Wildman–Crippen LogP) is 7.06. The van der Waals surface area contributed by atoms with Crippen molar-refractivity contribution in [2.75, 3.05) is 68.7 Å². The monoisotopic (exact) mass is 1110 g/mol. The van der Waals surface area contributed by atoms with E-state index in [0.29, 0.717) is 38.8 Å². The maximum absolute atomic E-state index is 14.9. The van der Waals surface area contributed by atoms with Crippen LogP contribution in [0.1, 0.15) is 119 Å². The topological polar surface area (TPSA) is 178 Å². The molecule has 79 heavy (non-hydrogen) atoms. The quantitative estimate of drug-likeness (QED) is 0.0881. The molecular formula is C61H101FN8O9. The lowest BCUT2D eigenvalue weighted by molar-refractivity contribution is -0.271.